The molecule has 1 heterocycles. The van der Waals surface area contributed by atoms with E-state index >= 15 is 0 Å². The molecule has 0 aromatic carbocycles. The molecule has 2 rings (SSSR count). The van der Waals surface area contributed by atoms with Crippen molar-refractivity contribution in [2.24, 2.45) is 5.92 Å². The number of nitrogens with one attached hydrogen (secondary N) is 1. The van der Waals surface area contributed by atoms with E-state index in [-0.39, 0.29) is 0 Å². The van der Waals surface area contributed by atoms with Gasteiger partial charge in [0.05, 0.1) is 0 Å². The zero-order valence-corrected chi connectivity index (χ0v) is 8.76. The second-order valence-corrected chi connectivity index (χ2v) is 4.58. The highest BCUT2D eigenvalue weighted by Gasteiger charge is 2.24. The summed E-state index contributed by atoms with van der Waals surface area (Å²) in [7, 11) is 0. The largest absolute Gasteiger partial charge is 0.312 e. The van der Waals surface area contributed by atoms with Gasteiger partial charge in [-0.3, -0.25) is 0 Å². The summed E-state index contributed by atoms with van der Waals surface area (Å²) < 4.78 is 0. The molecule has 0 radical (unpaired) electrons. The van der Waals surface area contributed by atoms with Crippen molar-refractivity contribution in [3.8, 4) is 0 Å². The average molecular weight is 182 g/mol. The first kappa shape index (κ1) is 9.47. The lowest BCUT2D eigenvalue weighted by Gasteiger charge is -2.32. The van der Waals surface area contributed by atoms with Gasteiger partial charge < -0.3 is 10.2 Å². The molecule has 2 nitrogen and oxygen atoms in total. The Morgan fingerprint density at radius 3 is 2.85 bits per heavy atom. The number of rotatable bonds is 4. The van der Waals surface area contributed by atoms with Crippen molar-refractivity contribution < 1.29 is 0 Å². The Morgan fingerprint density at radius 2 is 2.15 bits per heavy atom. The molecule has 1 atom stereocenters. The zero-order valence-electron chi connectivity index (χ0n) is 8.76. The fourth-order valence-electron chi connectivity index (χ4n) is 2.16. The van der Waals surface area contributed by atoms with Crippen molar-refractivity contribution in [3.05, 3.63) is 0 Å². The minimum atomic E-state index is 0.786. The highest BCUT2D eigenvalue weighted by Crippen LogP contribution is 2.28. The molecule has 0 aromatic heterocycles. The molecule has 2 aliphatic rings. The molecule has 0 aromatic rings. The maximum atomic E-state index is 3.71. The van der Waals surface area contributed by atoms with E-state index in [1.54, 1.807) is 0 Å². The summed E-state index contributed by atoms with van der Waals surface area (Å²) in [4.78, 5) is 2.56. The molecule has 1 N–H and O–H groups in total. The van der Waals surface area contributed by atoms with Crippen molar-refractivity contribution in [2.75, 3.05) is 26.2 Å². The summed E-state index contributed by atoms with van der Waals surface area (Å²) in [5, 5.41) is 3.71. The maximum absolute atomic E-state index is 3.71. The monoisotopic (exact) mass is 182 g/mol. The Bertz CT molecular complexity index is 154. The van der Waals surface area contributed by atoms with Crippen molar-refractivity contribution in [3.63, 3.8) is 0 Å². The topological polar surface area (TPSA) is 15.3 Å². The van der Waals surface area contributed by atoms with E-state index in [0.29, 0.717) is 0 Å². The van der Waals surface area contributed by atoms with Crippen LogP contribution in [0.5, 0.6) is 0 Å². The lowest BCUT2D eigenvalue weighted by atomic mass is 10.1. The number of hydrogen-bond acceptors (Lipinski definition) is 2. The summed E-state index contributed by atoms with van der Waals surface area (Å²) in [6, 6.07) is 0.786. The molecule has 1 unspecified atom stereocenters. The molecule has 0 bridgehead atoms. The molecular weight excluding hydrogens is 160 g/mol. The van der Waals surface area contributed by atoms with Crippen molar-refractivity contribution in [1.29, 1.82) is 0 Å². The van der Waals surface area contributed by atoms with E-state index in [1.807, 2.05) is 0 Å². The van der Waals surface area contributed by atoms with E-state index < -0.39 is 0 Å². The highest BCUT2D eigenvalue weighted by molar-refractivity contribution is 4.81. The number of likely N-dealkylation sites (tertiary alicyclic amines) is 1. The molecule has 0 amide bonds. The van der Waals surface area contributed by atoms with Crippen LogP contribution in [-0.2, 0) is 0 Å². The van der Waals surface area contributed by atoms with Crippen LogP contribution in [0.4, 0.5) is 0 Å². The summed E-state index contributed by atoms with van der Waals surface area (Å²) in [6.07, 6.45) is 5.72. The Kier molecular flexibility index (Phi) is 3.23. The molecule has 1 saturated heterocycles. The molecule has 13 heavy (non-hydrogen) atoms. The Balaban J connectivity index is 1.65. The fraction of sp³-hybridized carbons (Fsp3) is 1.00. The fourth-order valence-corrected chi connectivity index (χ4v) is 2.16. The predicted molar refractivity (Wildman–Crippen MR) is 55.9 cm³/mol. The standard InChI is InChI=1S/C11H22N2/c1-2-13-7-3-4-11(9-13)12-8-10-5-6-10/h10-12H,2-9H2,1H3. The van der Waals surface area contributed by atoms with Crippen molar-refractivity contribution in [1.82, 2.24) is 10.2 Å². The third kappa shape index (κ3) is 2.96. The van der Waals surface area contributed by atoms with Crippen LogP contribution in [-0.4, -0.2) is 37.1 Å². The highest BCUT2D eigenvalue weighted by atomic mass is 15.2. The van der Waals surface area contributed by atoms with Gasteiger partial charge in [-0.1, -0.05) is 6.92 Å². The van der Waals surface area contributed by atoms with E-state index in [0.717, 1.165) is 12.0 Å². The summed E-state index contributed by atoms with van der Waals surface area (Å²) >= 11 is 0. The first-order valence-electron chi connectivity index (χ1n) is 5.84. The first-order chi connectivity index (χ1) is 6.38. The number of piperidine rings is 1. The molecular formula is C11H22N2. The summed E-state index contributed by atoms with van der Waals surface area (Å²) in [5.74, 6) is 1.03. The predicted octanol–water partition coefficient (Wildman–Crippen LogP) is 1.47. The number of nitrogens with zero attached hydrogens (tertiary/aromatic N) is 1. The van der Waals surface area contributed by atoms with Gasteiger partial charge >= 0.3 is 0 Å². The molecule has 2 fully saturated rings. The van der Waals surface area contributed by atoms with E-state index in [2.05, 4.69) is 17.1 Å². The third-order valence-electron chi connectivity index (χ3n) is 3.34. The van der Waals surface area contributed by atoms with Gasteiger partial charge in [0.15, 0.2) is 0 Å². The summed E-state index contributed by atoms with van der Waals surface area (Å²) in [6.45, 7) is 7.37. The molecule has 1 saturated carbocycles. The molecule has 76 valence electrons. The third-order valence-corrected chi connectivity index (χ3v) is 3.34. The van der Waals surface area contributed by atoms with Crippen LogP contribution in [0.2, 0.25) is 0 Å². The smallest absolute Gasteiger partial charge is 0.0195 e. The second kappa shape index (κ2) is 4.43. The van der Waals surface area contributed by atoms with Crippen molar-refractivity contribution in [2.45, 2.75) is 38.6 Å². The molecule has 2 heteroatoms. The van der Waals surface area contributed by atoms with Crippen LogP contribution >= 0.6 is 0 Å². The lowest BCUT2D eigenvalue weighted by Crippen LogP contribution is -2.46. The van der Waals surface area contributed by atoms with Gasteiger partial charge in [-0.05, 0) is 51.2 Å². The average Bonchev–Trinajstić information content (AvgIpc) is 2.99. The SMILES string of the molecule is CCN1CCCC(NCC2CC2)C1. The van der Waals surface area contributed by atoms with Crippen LogP contribution < -0.4 is 5.32 Å². The minimum Gasteiger partial charge on any atom is -0.312 e. The van der Waals surface area contributed by atoms with E-state index in [9.17, 15) is 0 Å². The van der Waals surface area contributed by atoms with Crippen molar-refractivity contribution >= 4 is 0 Å². The minimum absolute atomic E-state index is 0.786. The van der Waals surface area contributed by atoms with Gasteiger partial charge in [-0.25, -0.2) is 0 Å². The van der Waals surface area contributed by atoms with Crippen LogP contribution in [0.1, 0.15) is 32.6 Å². The Hall–Kier alpha value is -0.0800. The molecule has 1 aliphatic carbocycles. The molecule has 1 aliphatic heterocycles. The molecule has 0 spiro atoms. The van der Waals surface area contributed by atoms with Gasteiger partial charge in [0.25, 0.3) is 0 Å². The van der Waals surface area contributed by atoms with Crippen LogP contribution in [0.15, 0.2) is 0 Å². The zero-order chi connectivity index (χ0) is 9.10. The quantitative estimate of drug-likeness (QED) is 0.708. The Labute approximate surface area is 81.7 Å². The Morgan fingerprint density at radius 1 is 1.31 bits per heavy atom. The number of likely N-dealkylation sites (N-methyl/N-ethyl adjacent to an activating group) is 1. The van der Waals surface area contributed by atoms with Crippen LogP contribution in [0.25, 0.3) is 0 Å². The summed E-state index contributed by atoms with van der Waals surface area (Å²) in [5.41, 5.74) is 0. The van der Waals surface area contributed by atoms with Gasteiger partial charge in [0, 0.05) is 12.6 Å². The second-order valence-electron chi connectivity index (χ2n) is 4.58. The van der Waals surface area contributed by atoms with Gasteiger partial charge in [-0.2, -0.15) is 0 Å². The van der Waals surface area contributed by atoms with Gasteiger partial charge in [0.2, 0.25) is 0 Å². The van der Waals surface area contributed by atoms with E-state index in [4.69, 9.17) is 0 Å². The lowest BCUT2D eigenvalue weighted by molar-refractivity contribution is 0.198. The first-order valence-corrected chi connectivity index (χ1v) is 5.84. The van der Waals surface area contributed by atoms with Crippen LogP contribution in [0, 0.1) is 5.92 Å². The van der Waals surface area contributed by atoms with Gasteiger partial charge in [0.1, 0.15) is 0 Å². The van der Waals surface area contributed by atoms with Gasteiger partial charge in [-0.15, -0.1) is 0 Å². The van der Waals surface area contributed by atoms with E-state index in [1.165, 1.54) is 51.9 Å². The normalized spacial score (nSPS) is 30.7. The number of hydrogen-bond donors (Lipinski definition) is 1. The van der Waals surface area contributed by atoms with Crippen LogP contribution in [0.3, 0.4) is 0 Å². The maximum Gasteiger partial charge on any atom is 0.0195 e.